The molecule has 0 atom stereocenters. The van der Waals surface area contributed by atoms with Crippen LogP contribution >= 0.6 is 0 Å². The molecule has 0 saturated carbocycles. The number of anilines is 1. The van der Waals surface area contributed by atoms with Crippen molar-refractivity contribution < 1.29 is 14.7 Å². The van der Waals surface area contributed by atoms with Crippen molar-refractivity contribution >= 4 is 17.6 Å². The maximum absolute atomic E-state index is 12.5. The van der Waals surface area contributed by atoms with E-state index in [-0.39, 0.29) is 23.3 Å². The number of hydrogen-bond donors (Lipinski definition) is 1. The third-order valence-electron chi connectivity index (χ3n) is 4.35. The molecule has 0 saturated heterocycles. The Morgan fingerprint density at radius 2 is 1.60 bits per heavy atom. The molecule has 1 N–H and O–H groups in total. The van der Waals surface area contributed by atoms with Crippen molar-refractivity contribution in [3.63, 3.8) is 0 Å². The summed E-state index contributed by atoms with van der Waals surface area (Å²) >= 11 is 0. The van der Waals surface area contributed by atoms with E-state index in [4.69, 9.17) is 0 Å². The lowest BCUT2D eigenvalue weighted by molar-refractivity contribution is -0.118. The maximum atomic E-state index is 12.5. The molecule has 0 spiro atoms. The van der Waals surface area contributed by atoms with Gasteiger partial charge in [0.25, 0.3) is 0 Å². The number of carboxylic acid groups (broad SMARTS) is 1. The largest absolute Gasteiger partial charge is 0.478 e. The van der Waals surface area contributed by atoms with Gasteiger partial charge in [-0.15, -0.1) is 0 Å². The summed E-state index contributed by atoms with van der Waals surface area (Å²) in [7, 11) is 1.75. The molecule has 0 aliphatic rings. The van der Waals surface area contributed by atoms with Crippen LogP contribution in [0.15, 0.2) is 48.5 Å². The number of carbonyl (C=O) groups is 2. The average Bonchev–Trinajstić information content (AvgIpc) is 2.58. The number of carboxylic acids is 1. The molecular formula is C21H25NO3. The van der Waals surface area contributed by atoms with E-state index in [1.165, 1.54) is 5.56 Å². The highest BCUT2D eigenvalue weighted by Gasteiger charge is 2.16. The molecule has 0 aliphatic carbocycles. The lowest BCUT2D eigenvalue weighted by Gasteiger charge is -2.22. The monoisotopic (exact) mass is 339 g/mol. The average molecular weight is 339 g/mol. The van der Waals surface area contributed by atoms with Gasteiger partial charge in [-0.25, -0.2) is 4.79 Å². The van der Waals surface area contributed by atoms with Crippen LogP contribution in [0.3, 0.4) is 0 Å². The third-order valence-corrected chi connectivity index (χ3v) is 4.35. The first-order chi connectivity index (χ1) is 11.7. The van der Waals surface area contributed by atoms with E-state index in [9.17, 15) is 14.7 Å². The van der Waals surface area contributed by atoms with Gasteiger partial charge in [0.05, 0.1) is 5.56 Å². The summed E-state index contributed by atoms with van der Waals surface area (Å²) in [4.78, 5) is 25.3. The van der Waals surface area contributed by atoms with Crippen LogP contribution in [0.5, 0.6) is 0 Å². The molecule has 2 aromatic rings. The number of rotatable bonds is 5. The summed E-state index contributed by atoms with van der Waals surface area (Å²) in [5, 5.41) is 9.21. The topological polar surface area (TPSA) is 57.6 Å². The maximum Gasteiger partial charge on any atom is 0.335 e. The molecule has 4 nitrogen and oxygen atoms in total. The number of benzene rings is 2. The number of amides is 1. The lowest BCUT2D eigenvalue weighted by atomic mass is 9.87. The first-order valence-corrected chi connectivity index (χ1v) is 8.38. The minimum atomic E-state index is -0.964. The Balaban J connectivity index is 2.05. The fraction of sp³-hybridized carbons (Fsp3) is 0.333. The molecule has 0 aromatic heterocycles. The molecule has 0 heterocycles. The zero-order valence-corrected chi connectivity index (χ0v) is 15.2. The van der Waals surface area contributed by atoms with Crippen LogP contribution < -0.4 is 4.90 Å². The highest BCUT2D eigenvalue weighted by Crippen LogP contribution is 2.25. The van der Waals surface area contributed by atoms with E-state index < -0.39 is 5.97 Å². The second-order valence-electron chi connectivity index (χ2n) is 7.21. The van der Waals surface area contributed by atoms with Gasteiger partial charge in [-0.05, 0) is 41.2 Å². The third kappa shape index (κ3) is 4.69. The van der Waals surface area contributed by atoms with Gasteiger partial charge in [0.1, 0.15) is 0 Å². The fourth-order valence-corrected chi connectivity index (χ4v) is 2.69. The Kier molecular flexibility index (Phi) is 5.62. The number of hydrogen-bond acceptors (Lipinski definition) is 2. The Morgan fingerprint density at radius 3 is 2.16 bits per heavy atom. The summed E-state index contributed by atoms with van der Waals surface area (Å²) in [6.07, 6.45) is 0.674. The van der Waals surface area contributed by atoms with E-state index in [0.717, 1.165) is 5.69 Å². The second-order valence-corrected chi connectivity index (χ2v) is 7.21. The van der Waals surface area contributed by atoms with E-state index in [1.807, 2.05) is 24.3 Å². The van der Waals surface area contributed by atoms with Gasteiger partial charge in [0.15, 0.2) is 0 Å². The molecule has 0 bridgehead atoms. The summed E-state index contributed by atoms with van der Waals surface area (Å²) < 4.78 is 0. The molecule has 0 radical (unpaired) electrons. The first-order valence-electron chi connectivity index (χ1n) is 8.38. The smallest absolute Gasteiger partial charge is 0.335 e. The van der Waals surface area contributed by atoms with Gasteiger partial charge >= 0.3 is 5.97 Å². The van der Waals surface area contributed by atoms with Crippen LogP contribution in [-0.4, -0.2) is 24.0 Å². The minimum absolute atomic E-state index is 0.0382. The molecule has 25 heavy (non-hydrogen) atoms. The van der Waals surface area contributed by atoms with Crippen LogP contribution in [0.2, 0.25) is 0 Å². The lowest BCUT2D eigenvalue weighted by Crippen LogP contribution is -2.26. The highest BCUT2D eigenvalue weighted by molar-refractivity contribution is 5.93. The summed E-state index contributed by atoms with van der Waals surface area (Å²) in [5.41, 5.74) is 3.06. The van der Waals surface area contributed by atoms with E-state index in [0.29, 0.717) is 12.0 Å². The van der Waals surface area contributed by atoms with Crippen LogP contribution in [-0.2, 0) is 16.6 Å². The highest BCUT2D eigenvalue weighted by atomic mass is 16.4. The van der Waals surface area contributed by atoms with Crippen molar-refractivity contribution in [3.8, 4) is 0 Å². The van der Waals surface area contributed by atoms with Gasteiger partial charge in [0.2, 0.25) is 5.91 Å². The van der Waals surface area contributed by atoms with Crippen molar-refractivity contribution in [2.75, 3.05) is 11.9 Å². The van der Waals surface area contributed by atoms with Crippen LogP contribution in [0, 0.1) is 0 Å². The zero-order valence-electron chi connectivity index (χ0n) is 15.2. The van der Waals surface area contributed by atoms with Crippen molar-refractivity contribution in [2.24, 2.45) is 0 Å². The number of nitrogens with zero attached hydrogens (tertiary/aromatic N) is 1. The molecule has 4 heteroatoms. The van der Waals surface area contributed by atoms with E-state index in [2.05, 4.69) is 20.8 Å². The zero-order chi connectivity index (χ0) is 18.6. The summed E-state index contributed by atoms with van der Waals surface area (Å²) in [6, 6.07) is 14.8. The van der Waals surface area contributed by atoms with Gasteiger partial charge in [-0.1, -0.05) is 51.1 Å². The second kappa shape index (κ2) is 7.51. The standard InChI is InChI=1S/C21H25NO3/c1-21(2,3)16-10-12-17(13-11-16)22(4)19(23)14-9-15-7-5-6-8-18(15)20(24)25/h5-8,10-13H,9,14H2,1-4H3,(H,24,25). The first kappa shape index (κ1) is 18.7. The number of aromatic carboxylic acids is 1. The molecule has 2 rings (SSSR count). The Labute approximate surface area is 149 Å². The van der Waals surface area contributed by atoms with Crippen molar-refractivity contribution in [1.82, 2.24) is 0 Å². The Morgan fingerprint density at radius 1 is 1.00 bits per heavy atom. The van der Waals surface area contributed by atoms with Crippen molar-refractivity contribution in [3.05, 3.63) is 65.2 Å². The van der Waals surface area contributed by atoms with Crippen LogP contribution in [0.1, 0.15) is 48.7 Å². The molecule has 132 valence electrons. The molecule has 1 amide bonds. The molecular weight excluding hydrogens is 314 g/mol. The molecule has 2 aromatic carbocycles. The predicted molar refractivity (Wildman–Crippen MR) is 100 cm³/mol. The van der Waals surface area contributed by atoms with Gasteiger partial charge < -0.3 is 10.0 Å². The molecule has 0 aliphatic heterocycles. The van der Waals surface area contributed by atoms with Crippen LogP contribution in [0.25, 0.3) is 0 Å². The Hall–Kier alpha value is -2.62. The van der Waals surface area contributed by atoms with E-state index >= 15 is 0 Å². The molecule has 0 unspecified atom stereocenters. The van der Waals surface area contributed by atoms with Crippen molar-refractivity contribution in [2.45, 2.75) is 39.0 Å². The molecule has 0 fully saturated rings. The number of carbonyl (C=O) groups excluding carboxylic acids is 1. The van der Waals surface area contributed by atoms with Crippen LogP contribution in [0.4, 0.5) is 5.69 Å². The summed E-state index contributed by atoms with van der Waals surface area (Å²) in [6.45, 7) is 6.45. The summed E-state index contributed by atoms with van der Waals surface area (Å²) in [5.74, 6) is -1.00. The van der Waals surface area contributed by atoms with Crippen molar-refractivity contribution in [1.29, 1.82) is 0 Å². The SMILES string of the molecule is CN(C(=O)CCc1ccccc1C(=O)O)c1ccc(C(C)(C)C)cc1. The Bertz CT molecular complexity index is 757. The van der Waals surface area contributed by atoms with Gasteiger partial charge in [-0.3, -0.25) is 4.79 Å². The fourth-order valence-electron chi connectivity index (χ4n) is 2.69. The normalized spacial score (nSPS) is 11.2. The van der Waals surface area contributed by atoms with Gasteiger partial charge in [-0.2, -0.15) is 0 Å². The minimum Gasteiger partial charge on any atom is -0.478 e. The van der Waals surface area contributed by atoms with Gasteiger partial charge in [0, 0.05) is 19.2 Å². The predicted octanol–water partition coefficient (Wildman–Crippen LogP) is 4.28. The quantitative estimate of drug-likeness (QED) is 0.884. The van der Waals surface area contributed by atoms with E-state index in [1.54, 1.807) is 36.2 Å². The number of aryl methyl sites for hydroxylation is 1.